The predicted octanol–water partition coefficient (Wildman–Crippen LogP) is 2.20. The summed E-state index contributed by atoms with van der Waals surface area (Å²) < 4.78 is 30.3. The Hall–Kier alpha value is -1.27. The average Bonchev–Trinajstić information content (AvgIpc) is 3.14. The van der Waals surface area contributed by atoms with Crippen molar-refractivity contribution in [3.8, 4) is 0 Å². The zero-order valence-electron chi connectivity index (χ0n) is 12.1. The molecule has 1 aromatic carbocycles. The van der Waals surface area contributed by atoms with E-state index in [0.717, 1.165) is 17.5 Å². The SMILES string of the molecule is COCC(Nc1ccc(NS(C)(=O)=O)c(C)c1)C1CC1. The molecule has 6 heteroatoms. The van der Waals surface area contributed by atoms with Crippen molar-refractivity contribution in [2.75, 3.05) is 30.0 Å². The van der Waals surface area contributed by atoms with Gasteiger partial charge in [-0.2, -0.15) is 0 Å². The van der Waals surface area contributed by atoms with Gasteiger partial charge in [0.05, 0.1) is 24.6 Å². The number of ether oxygens (including phenoxy) is 1. The second-order valence-corrected chi connectivity index (χ2v) is 7.20. The molecule has 1 aliphatic rings. The molecule has 1 saturated carbocycles. The highest BCUT2D eigenvalue weighted by Crippen LogP contribution is 2.34. The first-order valence-corrected chi connectivity index (χ1v) is 8.62. The van der Waals surface area contributed by atoms with Crippen LogP contribution in [0.2, 0.25) is 0 Å². The van der Waals surface area contributed by atoms with Crippen LogP contribution in [0.25, 0.3) is 0 Å². The number of anilines is 2. The van der Waals surface area contributed by atoms with Crippen molar-refractivity contribution in [2.45, 2.75) is 25.8 Å². The van der Waals surface area contributed by atoms with Crippen molar-refractivity contribution in [2.24, 2.45) is 5.92 Å². The molecule has 1 aromatic rings. The summed E-state index contributed by atoms with van der Waals surface area (Å²) in [7, 11) is -1.53. The molecule has 0 amide bonds. The van der Waals surface area contributed by atoms with Gasteiger partial charge in [0, 0.05) is 12.8 Å². The second kappa shape index (κ2) is 6.01. The molecule has 2 rings (SSSR count). The number of methoxy groups -OCH3 is 1. The highest BCUT2D eigenvalue weighted by Gasteiger charge is 2.31. The van der Waals surface area contributed by atoms with Crippen molar-refractivity contribution in [1.82, 2.24) is 0 Å². The van der Waals surface area contributed by atoms with E-state index in [1.807, 2.05) is 19.1 Å². The molecule has 0 spiro atoms. The normalized spacial score (nSPS) is 16.8. The first-order valence-electron chi connectivity index (χ1n) is 6.73. The first kappa shape index (κ1) is 15.1. The fraction of sp³-hybridized carbons (Fsp3) is 0.571. The van der Waals surface area contributed by atoms with Gasteiger partial charge in [0.1, 0.15) is 0 Å². The molecule has 0 heterocycles. The largest absolute Gasteiger partial charge is 0.383 e. The van der Waals surface area contributed by atoms with E-state index in [1.165, 1.54) is 12.8 Å². The van der Waals surface area contributed by atoms with Gasteiger partial charge in [-0.05, 0) is 49.4 Å². The maximum atomic E-state index is 11.3. The molecule has 112 valence electrons. The maximum Gasteiger partial charge on any atom is 0.229 e. The molecule has 1 fully saturated rings. The van der Waals surface area contributed by atoms with Crippen LogP contribution >= 0.6 is 0 Å². The molecule has 1 atom stereocenters. The first-order chi connectivity index (χ1) is 9.39. The summed E-state index contributed by atoms with van der Waals surface area (Å²) in [6.45, 7) is 2.58. The second-order valence-electron chi connectivity index (χ2n) is 5.45. The number of aryl methyl sites for hydroxylation is 1. The van der Waals surface area contributed by atoms with Gasteiger partial charge >= 0.3 is 0 Å². The third-order valence-corrected chi connectivity index (χ3v) is 4.00. The van der Waals surface area contributed by atoms with E-state index >= 15 is 0 Å². The Labute approximate surface area is 120 Å². The molecule has 5 nitrogen and oxygen atoms in total. The smallest absolute Gasteiger partial charge is 0.229 e. The van der Waals surface area contributed by atoms with Crippen LogP contribution in [0.4, 0.5) is 11.4 Å². The quantitative estimate of drug-likeness (QED) is 0.810. The average molecular weight is 298 g/mol. The molecule has 0 aliphatic heterocycles. The highest BCUT2D eigenvalue weighted by atomic mass is 32.2. The lowest BCUT2D eigenvalue weighted by Gasteiger charge is -2.19. The lowest BCUT2D eigenvalue weighted by molar-refractivity contribution is 0.179. The van der Waals surface area contributed by atoms with E-state index < -0.39 is 10.0 Å². The Kier molecular flexibility index (Phi) is 4.55. The van der Waals surface area contributed by atoms with E-state index in [2.05, 4.69) is 10.0 Å². The zero-order valence-corrected chi connectivity index (χ0v) is 13.0. The summed E-state index contributed by atoms with van der Waals surface area (Å²) in [4.78, 5) is 0. The molecule has 1 unspecified atom stereocenters. The van der Waals surface area contributed by atoms with Crippen molar-refractivity contribution in [1.29, 1.82) is 0 Å². The Bertz CT molecular complexity index is 568. The van der Waals surface area contributed by atoms with Crippen LogP contribution in [0.15, 0.2) is 18.2 Å². The molecule has 20 heavy (non-hydrogen) atoms. The van der Waals surface area contributed by atoms with Gasteiger partial charge in [0.15, 0.2) is 0 Å². The standard InChI is InChI=1S/C14H22N2O3S/c1-10-8-12(6-7-13(10)16-20(3,17)18)15-14(9-19-2)11-4-5-11/h6-8,11,14-16H,4-5,9H2,1-3H3. The summed E-state index contributed by atoms with van der Waals surface area (Å²) in [6, 6.07) is 5.97. The predicted molar refractivity (Wildman–Crippen MR) is 81.7 cm³/mol. The monoisotopic (exact) mass is 298 g/mol. The zero-order chi connectivity index (χ0) is 14.8. The van der Waals surface area contributed by atoms with E-state index in [0.29, 0.717) is 24.3 Å². The molecule has 0 bridgehead atoms. The van der Waals surface area contributed by atoms with E-state index in [1.54, 1.807) is 13.2 Å². The molecular formula is C14H22N2O3S. The molecule has 1 aliphatic carbocycles. The van der Waals surface area contributed by atoms with Gasteiger partial charge in [-0.1, -0.05) is 0 Å². The Morgan fingerprint density at radius 1 is 1.40 bits per heavy atom. The molecule has 2 N–H and O–H groups in total. The number of hydrogen-bond acceptors (Lipinski definition) is 4. The van der Waals surface area contributed by atoms with Crippen LogP contribution in [0.5, 0.6) is 0 Å². The van der Waals surface area contributed by atoms with Gasteiger partial charge in [0.2, 0.25) is 10.0 Å². The van der Waals surface area contributed by atoms with E-state index in [9.17, 15) is 8.42 Å². The summed E-state index contributed by atoms with van der Waals surface area (Å²) in [5.74, 6) is 0.684. The van der Waals surface area contributed by atoms with E-state index in [4.69, 9.17) is 4.74 Å². The highest BCUT2D eigenvalue weighted by molar-refractivity contribution is 7.92. The van der Waals surface area contributed by atoms with E-state index in [-0.39, 0.29) is 0 Å². The van der Waals surface area contributed by atoms with Gasteiger partial charge in [-0.25, -0.2) is 8.42 Å². The minimum Gasteiger partial charge on any atom is -0.383 e. The minimum absolute atomic E-state index is 0.327. The van der Waals surface area contributed by atoms with Gasteiger partial charge in [0.25, 0.3) is 0 Å². The van der Waals surface area contributed by atoms with Gasteiger partial charge < -0.3 is 10.1 Å². The van der Waals surface area contributed by atoms with Gasteiger partial charge in [-0.3, -0.25) is 4.72 Å². The fourth-order valence-corrected chi connectivity index (χ4v) is 2.88. The van der Waals surface area contributed by atoms with Crippen molar-refractivity contribution in [3.05, 3.63) is 23.8 Å². The summed E-state index contributed by atoms with van der Waals surface area (Å²) in [6.07, 6.45) is 3.64. The van der Waals surface area contributed by atoms with Crippen molar-refractivity contribution in [3.63, 3.8) is 0 Å². The molecular weight excluding hydrogens is 276 g/mol. The summed E-state index contributed by atoms with van der Waals surface area (Å²) in [5, 5.41) is 3.47. The lowest BCUT2D eigenvalue weighted by Crippen LogP contribution is -2.27. The molecule has 0 saturated heterocycles. The van der Waals surface area contributed by atoms with Crippen LogP contribution < -0.4 is 10.0 Å². The summed E-state index contributed by atoms with van der Waals surface area (Å²) in [5.41, 5.74) is 2.51. The van der Waals surface area contributed by atoms with Crippen LogP contribution in [-0.4, -0.2) is 34.4 Å². The third kappa shape index (κ3) is 4.38. The Morgan fingerprint density at radius 3 is 2.60 bits per heavy atom. The van der Waals surface area contributed by atoms with Crippen molar-refractivity contribution >= 4 is 21.4 Å². The number of hydrogen-bond donors (Lipinski definition) is 2. The Morgan fingerprint density at radius 2 is 2.10 bits per heavy atom. The third-order valence-electron chi connectivity index (χ3n) is 3.41. The fourth-order valence-electron chi connectivity index (χ4n) is 2.26. The van der Waals surface area contributed by atoms with Crippen molar-refractivity contribution < 1.29 is 13.2 Å². The minimum atomic E-state index is -3.24. The maximum absolute atomic E-state index is 11.3. The number of sulfonamides is 1. The number of rotatable bonds is 7. The number of benzene rings is 1. The topological polar surface area (TPSA) is 67.4 Å². The van der Waals surface area contributed by atoms with Gasteiger partial charge in [-0.15, -0.1) is 0 Å². The Balaban J connectivity index is 2.08. The van der Waals surface area contributed by atoms with Crippen LogP contribution in [0.3, 0.4) is 0 Å². The van der Waals surface area contributed by atoms with Crippen LogP contribution in [0.1, 0.15) is 18.4 Å². The molecule has 0 radical (unpaired) electrons. The number of nitrogens with one attached hydrogen (secondary N) is 2. The molecule has 0 aromatic heterocycles. The van der Waals surface area contributed by atoms with Crippen LogP contribution in [0, 0.1) is 12.8 Å². The summed E-state index contributed by atoms with van der Waals surface area (Å²) >= 11 is 0. The lowest BCUT2D eigenvalue weighted by atomic mass is 10.1. The van der Waals surface area contributed by atoms with Crippen LogP contribution in [-0.2, 0) is 14.8 Å².